The highest BCUT2D eigenvalue weighted by atomic mass is 35.5. The van der Waals surface area contributed by atoms with Gasteiger partial charge in [0.05, 0.1) is 17.6 Å². The predicted molar refractivity (Wildman–Crippen MR) is 131 cm³/mol. The fourth-order valence-corrected chi connectivity index (χ4v) is 3.40. The van der Waals surface area contributed by atoms with Crippen molar-refractivity contribution in [2.75, 3.05) is 30.9 Å². The minimum atomic E-state index is -4.73. The number of carbonyl (C=O) groups excluding carboxylic acids is 1. The second-order valence-corrected chi connectivity index (χ2v) is 8.12. The van der Waals surface area contributed by atoms with Crippen molar-refractivity contribution in [2.45, 2.75) is 12.4 Å². The van der Waals surface area contributed by atoms with Gasteiger partial charge in [-0.05, 0) is 24.3 Å². The average molecular weight is 560 g/mol. The molecule has 38 heavy (non-hydrogen) atoms. The highest BCUT2D eigenvalue weighted by Crippen LogP contribution is 2.31. The molecule has 0 saturated carbocycles. The summed E-state index contributed by atoms with van der Waals surface area (Å²) in [5.41, 5.74) is 2.28. The van der Waals surface area contributed by atoms with Crippen LogP contribution in [0.2, 0.25) is 0 Å². The Morgan fingerprint density at radius 2 is 1.74 bits per heavy atom. The third-order valence-corrected chi connectivity index (χ3v) is 5.10. The molecule has 3 heterocycles. The number of halogens is 7. The lowest BCUT2D eigenvalue weighted by atomic mass is 10.1. The molecule has 4 aromatic rings. The van der Waals surface area contributed by atoms with Crippen LogP contribution in [0.25, 0.3) is 28.2 Å². The number of aromatic nitrogens is 4. The van der Waals surface area contributed by atoms with Gasteiger partial charge in [0.1, 0.15) is 18.0 Å². The van der Waals surface area contributed by atoms with Crippen molar-refractivity contribution in [1.82, 2.24) is 24.7 Å². The largest absolute Gasteiger partial charge is 0.451 e. The van der Waals surface area contributed by atoms with Gasteiger partial charge in [-0.2, -0.15) is 26.3 Å². The number of alkyl halides is 6. The molecule has 0 unspecified atom stereocenters. The van der Waals surface area contributed by atoms with Crippen molar-refractivity contribution in [3.8, 4) is 22.5 Å². The van der Waals surface area contributed by atoms with Crippen LogP contribution in [0.3, 0.4) is 0 Å². The number of fused-ring (bicyclic) bond motifs is 1. The lowest BCUT2D eigenvalue weighted by Crippen LogP contribution is -2.36. The second-order valence-electron chi connectivity index (χ2n) is 8.12. The maximum atomic E-state index is 13.3. The molecular formula is C23H20ClF6N7O. The van der Waals surface area contributed by atoms with E-state index in [0.29, 0.717) is 22.5 Å². The lowest BCUT2D eigenvalue weighted by molar-refractivity contribution is -0.144. The summed E-state index contributed by atoms with van der Waals surface area (Å²) < 4.78 is 78.6. The van der Waals surface area contributed by atoms with E-state index in [0.717, 1.165) is 0 Å². The van der Waals surface area contributed by atoms with Crippen LogP contribution >= 0.6 is 12.4 Å². The summed E-state index contributed by atoms with van der Waals surface area (Å²) in [7, 11) is 3.14. The first-order chi connectivity index (χ1) is 17.3. The Hall–Kier alpha value is -4.07. The van der Waals surface area contributed by atoms with Crippen LogP contribution in [0.5, 0.6) is 0 Å². The molecule has 0 saturated heterocycles. The molecule has 0 spiro atoms. The Morgan fingerprint density at radius 1 is 1.00 bits per heavy atom. The SMILES string of the molecule is CN(C)c1cc(-c2ccn3c(-c4cccc(NC(=O)NCC(F)(F)F)c4)cnc3c2)nc(C(F)(F)F)n1.Cl. The first-order valence-corrected chi connectivity index (χ1v) is 10.6. The number of carbonyl (C=O) groups is 1. The maximum absolute atomic E-state index is 13.3. The second kappa shape index (κ2) is 10.7. The minimum Gasteiger partial charge on any atom is -0.363 e. The molecule has 0 aliphatic heterocycles. The van der Waals surface area contributed by atoms with E-state index in [2.05, 4.69) is 20.3 Å². The molecule has 0 atom stereocenters. The number of urea groups is 1. The van der Waals surface area contributed by atoms with E-state index in [9.17, 15) is 31.1 Å². The van der Waals surface area contributed by atoms with Crippen LogP contribution in [-0.4, -0.2) is 52.2 Å². The van der Waals surface area contributed by atoms with Gasteiger partial charge in [-0.15, -0.1) is 12.4 Å². The molecule has 0 aliphatic rings. The minimum absolute atomic E-state index is 0. The zero-order chi connectivity index (χ0) is 27.0. The first-order valence-electron chi connectivity index (χ1n) is 10.6. The number of nitrogens with zero attached hydrogens (tertiary/aromatic N) is 5. The molecule has 0 fully saturated rings. The molecule has 4 rings (SSSR count). The van der Waals surface area contributed by atoms with Crippen molar-refractivity contribution in [1.29, 1.82) is 0 Å². The number of pyridine rings is 1. The lowest BCUT2D eigenvalue weighted by Gasteiger charge is -2.15. The number of benzene rings is 1. The van der Waals surface area contributed by atoms with Gasteiger partial charge in [0, 0.05) is 43.2 Å². The Bertz CT molecular complexity index is 1450. The molecule has 0 bridgehead atoms. The zero-order valence-electron chi connectivity index (χ0n) is 19.7. The van der Waals surface area contributed by atoms with Crippen LogP contribution < -0.4 is 15.5 Å². The van der Waals surface area contributed by atoms with Crippen LogP contribution in [0.15, 0.2) is 54.9 Å². The number of hydrogen-bond acceptors (Lipinski definition) is 5. The highest BCUT2D eigenvalue weighted by molar-refractivity contribution is 5.90. The topological polar surface area (TPSA) is 87.5 Å². The normalized spacial score (nSPS) is 11.7. The monoisotopic (exact) mass is 559 g/mol. The smallest absolute Gasteiger partial charge is 0.363 e. The summed E-state index contributed by atoms with van der Waals surface area (Å²) in [4.78, 5) is 24.8. The molecule has 15 heteroatoms. The molecule has 8 nitrogen and oxygen atoms in total. The Kier molecular flexibility index (Phi) is 8.05. The zero-order valence-corrected chi connectivity index (χ0v) is 20.5. The maximum Gasteiger partial charge on any atom is 0.451 e. The van der Waals surface area contributed by atoms with Gasteiger partial charge >= 0.3 is 18.4 Å². The van der Waals surface area contributed by atoms with Crippen LogP contribution in [-0.2, 0) is 6.18 Å². The number of amides is 2. The summed E-state index contributed by atoms with van der Waals surface area (Å²) in [5.74, 6) is -1.17. The van der Waals surface area contributed by atoms with E-state index in [4.69, 9.17) is 0 Å². The Balaban J connectivity index is 0.00000400. The van der Waals surface area contributed by atoms with Gasteiger partial charge < -0.3 is 15.5 Å². The molecule has 202 valence electrons. The summed E-state index contributed by atoms with van der Waals surface area (Å²) in [6, 6.07) is 9.93. The van der Waals surface area contributed by atoms with Gasteiger partial charge in [-0.25, -0.2) is 19.7 Å². The Morgan fingerprint density at radius 3 is 2.39 bits per heavy atom. The van der Waals surface area contributed by atoms with Crippen LogP contribution in [0.4, 0.5) is 42.6 Å². The molecule has 1 aromatic carbocycles. The number of rotatable bonds is 5. The predicted octanol–water partition coefficient (Wildman–Crippen LogP) is 5.65. The van der Waals surface area contributed by atoms with Crippen molar-refractivity contribution in [3.63, 3.8) is 0 Å². The third-order valence-electron chi connectivity index (χ3n) is 5.10. The van der Waals surface area contributed by atoms with E-state index in [1.807, 2.05) is 0 Å². The van der Waals surface area contributed by atoms with Crippen molar-refractivity contribution in [3.05, 3.63) is 60.7 Å². The summed E-state index contributed by atoms with van der Waals surface area (Å²) in [6.07, 6.45) is -6.14. The molecule has 2 amide bonds. The van der Waals surface area contributed by atoms with Gasteiger partial charge in [-0.3, -0.25) is 4.40 Å². The van der Waals surface area contributed by atoms with Gasteiger partial charge in [0.25, 0.3) is 0 Å². The summed E-state index contributed by atoms with van der Waals surface area (Å²) in [6.45, 7) is -1.47. The number of nitrogens with one attached hydrogen (secondary N) is 2. The van der Waals surface area contributed by atoms with E-state index < -0.39 is 30.8 Å². The highest BCUT2D eigenvalue weighted by Gasteiger charge is 2.35. The fraction of sp³-hybridized carbons (Fsp3) is 0.217. The number of hydrogen-bond donors (Lipinski definition) is 2. The Labute approximate surface area is 218 Å². The first kappa shape index (κ1) is 28.5. The van der Waals surface area contributed by atoms with E-state index >= 15 is 0 Å². The van der Waals surface area contributed by atoms with Crippen molar-refractivity contribution in [2.24, 2.45) is 0 Å². The standard InChI is InChI=1S/C23H19F6N7O.ClH/c1-35(2)19-10-16(33-20(34-19)23(27,28)29)13-6-7-36-17(11-30-18(36)9-13)14-4-3-5-15(8-14)32-21(37)31-12-22(24,25)26;/h3-11H,12H2,1-2H3,(H2,31,32,37);1H. The van der Waals surface area contributed by atoms with Crippen molar-refractivity contribution >= 4 is 35.6 Å². The fourth-order valence-electron chi connectivity index (χ4n) is 3.40. The molecule has 0 aliphatic carbocycles. The van der Waals surface area contributed by atoms with Gasteiger partial charge in [-0.1, -0.05) is 12.1 Å². The molecule has 0 radical (unpaired) electrons. The van der Waals surface area contributed by atoms with E-state index in [1.165, 1.54) is 23.2 Å². The van der Waals surface area contributed by atoms with Gasteiger partial charge in [0.2, 0.25) is 5.82 Å². The summed E-state index contributed by atoms with van der Waals surface area (Å²) >= 11 is 0. The quantitative estimate of drug-likeness (QED) is 0.309. The van der Waals surface area contributed by atoms with Crippen molar-refractivity contribution < 1.29 is 31.1 Å². The molecule has 2 N–H and O–H groups in total. The average Bonchev–Trinajstić information content (AvgIpc) is 3.25. The van der Waals surface area contributed by atoms with E-state index in [-0.39, 0.29) is 29.6 Å². The van der Waals surface area contributed by atoms with Gasteiger partial charge in [0.15, 0.2) is 0 Å². The van der Waals surface area contributed by atoms with Crippen LogP contribution in [0, 0.1) is 0 Å². The molecular weight excluding hydrogens is 540 g/mol. The van der Waals surface area contributed by atoms with Crippen LogP contribution in [0.1, 0.15) is 5.82 Å². The number of anilines is 2. The third kappa shape index (κ3) is 6.62. The van der Waals surface area contributed by atoms with E-state index in [1.54, 1.807) is 60.3 Å². The summed E-state index contributed by atoms with van der Waals surface area (Å²) in [5, 5.41) is 4.06. The molecule has 3 aromatic heterocycles. The number of imidazole rings is 1.